The van der Waals surface area contributed by atoms with Crippen LogP contribution in [-0.2, 0) is 11.4 Å². The third kappa shape index (κ3) is 2.68. The minimum atomic E-state index is -0.125. The molecule has 0 fully saturated rings. The van der Waals surface area contributed by atoms with E-state index in [-0.39, 0.29) is 19.1 Å². The Kier molecular flexibility index (Phi) is 4.01. The fraction of sp³-hybridized carbons (Fsp3) is 0.385. The molecule has 2 heterocycles. The maximum Gasteiger partial charge on any atom is 0.239 e. The first kappa shape index (κ1) is 13.4. The van der Waals surface area contributed by atoms with E-state index in [1.165, 1.54) is 0 Å². The molecule has 0 spiro atoms. The Morgan fingerprint density at radius 3 is 3.00 bits per heavy atom. The van der Waals surface area contributed by atoms with E-state index >= 15 is 0 Å². The summed E-state index contributed by atoms with van der Waals surface area (Å²) in [4.78, 5) is 17.8. The van der Waals surface area contributed by atoms with Crippen LogP contribution in [0.25, 0.3) is 5.65 Å². The van der Waals surface area contributed by atoms with Gasteiger partial charge < -0.3 is 15.3 Å². The summed E-state index contributed by atoms with van der Waals surface area (Å²) in [5, 5.41) is 12.2. The maximum atomic E-state index is 11.6. The predicted octanol–water partition coefficient (Wildman–Crippen LogP) is 0.399. The molecule has 0 aliphatic rings. The number of rotatable bonds is 5. The summed E-state index contributed by atoms with van der Waals surface area (Å²) in [5.41, 5.74) is 1.44. The molecule has 6 heteroatoms. The quantitative estimate of drug-likeness (QED) is 0.818. The Morgan fingerprint density at radius 1 is 1.53 bits per heavy atom. The molecule has 0 aliphatic carbocycles. The number of hydrogen-bond acceptors (Lipinski definition) is 4. The predicted molar refractivity (Wildman–Crippen MR) is 73.1 cm³/mol. The number of aromatic nitrogens is 2. The van der Waals surface area contributed by atoms with Crippen LogP contribution >= 0.6 is 0 Å². The van der Waals surface area contributed by atoms with Crippen molar-refractivity contribution in [3.63, 3.8) is 0 Å². The second kappa shape index (κ2) is 5.71. The van der Waals surface area contributed by atoms with Crippen LogP contribution in [0.1, 0.15) is 12.6 Å². The molecule has 0 radical (unpaired) electrons. The second-order valence-electron chi connectivity index (χ2n) is 4.28. The second-order valence-corrected chi connectivity index (χ2v) is 4.28. The third-order valence-electron chi connectivity index (χ3n) is 2.87. The number of fused-ring (bicyclic) bond motifs is 1. The molecule has 2 rings (SSSR count). The number of aliphatic hydroxyl groups is 1. The molecular weight excluding hydrogens is 244 g/mol. The molecule has 0 aromatic carbocycles. The van der Waals surface area contributed by atoms with E-state index in [4.69, 9.17) is 0 Å². The molecule has 1 amide bonds. The van der Waals surface area contributed by atoms with Crippen LogP contribution in [0.3, 0.4) is 0 Å². The minimum Gasteiger partial charge on any atom is -0.390 e. The Balaban J connectivity index is 2.30. The van der Waals surface area contributed by atoms with E-state index in [0.717, 1.165) is 5.65 Å². The van der Waals surface area contributed by atoms with Gasteiger partial charge in [-0.05, 0) is 19.1 Å². The van der Waals surface area contributed by atoms with E-state index in [1.807, 2.05) is 35.7 Å². The van der Waals surface area contributed by atoms with Crippen molar-refractivity contribution in [1.82, 2.24) is 14.7 Å². The van der Waals surface area contributed by atoms with Crippen molar-refractivity contribution in [2.45, 2.75) is 13.5 Å². The molecule has 102 valence electrons. The number of amides is 1. The van der Waals surface area contributed by atoms with Crippen molar-refractivity contribution < 1.29 is 9.90 Å². The van der Waals surface area contributed by atoms with Gasteiger partial charge in [0.1, 0.15) is 5.65 Å². The number of carbonyl (C=O) groups is 1. The van der Waals surface area contributed by atoms with E-state index in [2.05, 4.69) is 10.3 Å². The molecule has 0 unspecified atom stereocenters. The normalized spacial score (nSPS) is 10.7. The fourth-order valence-electron chi connectivity index (χ4n) is 2.03. The number of anilines is 1. The van der Waals surface area contributed by atoms with Crippen molar-refractivity contribution in [3.8, 4) is 0 Å². The van der Waals surface area contributed by atoms with Gasteiger partial charge in [-0.25, -0.2) is 4.98 Å². The molecule has 2 aromatic heterocycles. The number of carbonyl (C=O) groups excluding carboxylic acids is 1. The monoisotopic (exact) mass is 262 g/mol. The van der Waals surface area contributed by atoms with Gasteiger partial charge >= 0.3 is 0 Å². The first-order chi connectivity index (χ1) is 9.17. The van der Waals surface area contributed by atoms with Crippen LogP contribution in [-0.4, -0.2) is 40.5 Å². The molecular formula is C13H18N4O2. The van der Waals surface area contributed by atoms with Gasteiger partial charge in [-0.2, -0.15) is 0 Å². The number of likely N-dealkylation sites (N-methyl/N-ethyl adjacent to an activating group) is 2. The molecule has 0 aliphatic heterocycles. The van der Waals surface area contributed by atoms with Crippen LogP contribution in [0.5, 0.6) is 0 Å². The van der Waals surface area contributed by atoms with E-state index in [9.17, 15) is 9.90 Å². The van der Waals surface area contributed by atoms with Crippen LogP contribution in [0.15, 0.2) is 24.4 Å². The van der Waals surface area contributed by atoms with E-state index in [0.29, 0.717) is 18.1 Å². The highest BCUT2D eigenvalue weighted by molar-refractivity contribution is 5.81. The standard InChI is InChI=1S/C13H18N4O2/c1-3-14-12(19)8-16(2)13-10(9-18)17-7-5-4-6-11(17)15-13/h4-7,18H,3,8-9H2,1-2H3,(H,14,19). The zero-order valence-electron chi connectivity index (χ0n) is 11.1. The van der Waals surface area contributed by atoms with Gasteiger partial charge in [-0.3, -0.25) is 9.20 Å². The minimum absolute atomic E-state index is 0.0639. The molecule has 2 aromatic rings. The van der Waals surface area contributed by atoms with Gasteiger partial charge in [0.2, 0.25) is 5.91 Å². The van der Waals surface area contributed by atoms with Crippen molar-refractivity contribution in [1.29, 1.82) is 0 Å². The van der Waals surface area contributed by atoms with Crippen molar-refractivity contribution in [3.05, 3.63) is 30.1 Å². The smallest absolute Gasteiger partial charge is 0.239 e. The van der Waals surface area contributed by atoms with Crippen molar-refractivity contribution in [2.24, 2.45) is 0 Å². The average molecular weight is 262 g/mol. The largest absolute Gasteiger partial charge is 0.390 e. The van der Waals surface area contributed by atoms with Crippen LogP contribution in [0, 0.1) is 0 Å². The molecule has 0 saturated heterocycles. The van der Waals surface area contributed by atoms with Gasteiger partial charge in [0, 0.05) is 19.8 Å². The SMILES string of the molecule is CCNC(=O)CN(C)c1nc2ccccn2c1CO. The topological polar surface area (TPSA) is 69.9 Å². The first-order valence-electron chi connectivity index (χ1n) is 6.22. The summed E-state index contributed by atoms with van der Waals surface area (Å²) >= 11 is 0. The molecule has 0 bridgehead atoms. The summed E-state index contributed by atoms with van der Waals surface area (Å²) in [6.07, 6.45) is 1.84. The average Bonchev–Trinajstić information content (AvgIpc) is 2.77. The van der Waals surface area contributed by atoms with Crippen molar-refractivity contribution >= 4 is 17.4 Å². The first-order valence-corrected chi connectivity index (χ1v) is 6.22. The summed E-state index contributed by atoms with van der Waals surface area (Å²) in [6.45, 7) is 2.57. The number of pyridine rings is 1. The lowest BCUT2D eigenvalue weighted by atomic mass is 10.4. The summed E-state index contributed by atoms with van der Waals surface area (Å²) in [6, 6.07) is 5.63. The summed E-state index contributed by atoms with van der Waals surface area (Å²) < 4.78 is 1.82. The zero-order chi connectivity index (χ0) is 13.8. The van der Waals surface area contributed by atoms with Gasteiger partial charge in [-0.1, -0.05) is 6.07 Å². The number of nitrogens with zero attached hydrogens (tertiary/aromatic N) is 3. The van der Waals surface area contributed by atoms with Gasteiger partial charge in [0.05, 0.1) is 18.8 Å². The Hall–Kier alpha value is -2.08. The van der Waals surface area contributed by atoms with E-state index in [1.54, 1.807) is 11.9 Å². The molecule has 0 saturated carbocycles. The maximum absolute atomic E-state index is 11.6. The number of hydrogen-bond donors (Lipinski definition) is 2. The lowest BCUT2D eigenvalue weighted by Crippen LogP contribution is -2.35. The number of imidazole rings is 1. The highest BCUT2D eigenvalue weighted by atomic mass is 16.3. The summed E-state index contributed by atoms with van der Waals surface area (Å²) in [7, 11) is 1.79. The molecule has 6 nitrogen and oxygen atoms in total. The lowest BCUT2D eigenvalue weighted by molar-refractivity contribution is -0.119. The summed E-state index contributed by atoms with van der Waals surface area (Å²) in [5.74, 6) is 0.561. The lowest BCUT2D eigenvalue weighted by Gasteiger charge is -2.17. The third-order valence-corrected chi connectivity index (χ3v) is 2.87. The highest BCUT2D eigenvalue weighted by Gasteiger charge is 2.16. The molecule has 19 heavy (non-hydrogen) atoms. The Morgan fingerprint density at radius 2 is 2.32 bits per heavy atom. The van der Waals surface area contributed by atoms with Gasteiger partial charge in [0.25, 0.3) is 0 Å². The van der Waals surface area contributed by atoms with Gasteiger partial charge in [0.15, 0.2) is 5.82 Å². The van der Waals surface area contributed by atoms with Gasteiger partial charge in [-0.15, -0.1) is 0 Å². The van der Waals surface area contributed by atoms with Crippen LogP contribution in [0.2, 0.25) is 0 Å². The number of nitrogens with one attached hydrogen (secondary N) is 1. The Bertz CT molecular complexity index is 579. The van der Waals surface area contributed by atoms with Crippen molar-refractivity contribution in [2.75, 3.05) is 25.0 Å². The fourth-order valence-corrected chi connectivity index (χ4v) is 2.03. The van der Waals surface area contributed by atoms with E-state index < -0.39 is 0 Å². The van der Waals surface area contributed by atoms with Crippen LogP contribution in [0.4, 0.5) is 5.82 Å². The Labute approximate surface area is 111 Å². The molecule has 0 atom stereocenters. The molecule has 2 N–H and O–H groups in total. The zero-order valence-corrected chi connectivity index (χ0v) is 11.1. The highest BCUT2D eigenvalue weighted by Crippen LogP contribution is 2.20. The number of aliphatic hydroxyl groups excluding tert-OH is 1. The van der Waals surface area contributed by atoms with Crippen LogP contribution < -0.4 is 10.2 Å².